The molecule has 0 amide bonds. The van der Waals surface area contributed by atoms with Gasteiger partial charge in [0.15, 0.2) is 0 Å². The summed E-state index contributed by atoms with van der Waals surface area (Å²) >= 11 is 1.40. The van der Waals surface area contributed by atoms with Gasteiger partial charge in [-0.05, 0) is 73.1 Å². The van der Waals surface area contributed by atoms with Crippen LogP contribution in [0.2, 0.25) is 0 Å². The molecular weight excluding hydrogens is 490 g/mol. The normalized spacial score (nSPS) is 26.4. The molecule has 200 valence electrons. The van der Waals surface area contributed by atoms with Crippen LogP contribution in [0.15, 0.2) is 66.8 Å². The maximum absolute atomic E-state index is 12.4. The summed E-state index contributed by atoms with van der Waals surface area (Å²) < 4.78 is 6.17. The van der Waals surface area contributed by atoms with E-state index in [4.69, 9.17) is 4.74 Å². The fourth-order valence-electron chi connectivity index (χ4n) is 6.13. The van der Waals surface area contributed by atoms with Gasteiger partial charge in [0, 0.05) is 35.0 Å². The highest BCUT2D eigenvalue weighted by molar-refractivity contribution is 7.17. The minimum Gasteiger partial charge on any atom is -0.485 e. The smallest absolute Gasteiger partial charge is 0.346 e. The Morgan fingerprint density at radius 3 is 2.53 bits per heavy atom. The number of thiophene rings is 1. The Labute approximate surface area is 231 Å². The van der Waals surface area contributed by atoms with Crippen molar-refractivity contribution >= 4 is 28.6 Å². The molecule has 4 nitrogen and oxygen atoms in total. The van der Waals surface area contributed by atoms with Crippen LogP contribution in [0.25, 0.3) is 21.8 Å². The molecule has 1 aromatic carbocycles. The van der Waals surface area contributed by atoms with Crippen LogP contribution >= 0.6 is 11.3 Å². The predicted molar refractivity (Wildman–Crippen MR) is 158 cm³/mol. The molecule has 0 saturated heterocycles. The van der Waals surface area contributed by atoms with Crippen molar-refractivity contribution in [3.63, 3.8) is 0 Å². The average Bonchev–Trinajstić information content (AvgIpc) is 3.52. The van der Waals surface area contributed by atoms with Crippen LogP contribution < -0.4 is 0 Å². The van der Waals surface area contributed by atoms with Crippen molar-refractivity contribution in [2.75, 3.05) is 20.1 Å². The molecule has 0 spiro atoms. The van der Waals surface area contributed by atoms with Crippen LogP contribution in [-0.4, -0.2) is 42.2 Å². The van der Waals surface area contributed by atoms with Gasteiger partial charge in [0.2, 0.25) is 0 Å². The highest BCUT2D eigenvalue weighted by Crippen LogP contribution is 2.43. The number of nitrogens with zero attached hydrogens (tertiary/aromatic N) is 1. The number of carbonyl (C=O) groups is 1. The molecule has 1 fully saturated rings. The molecule has 38 heavy (non-hydrogen) atoms. The molecule has 2 unspecified atom stereocenters. The van der Waals surface area contributed by atoms with E-state index in [0.717, 1.165) is 52.8 Å². The van der Waals surface area contributed by atoms with E-state index in [1.165, 1.54) is 48.2 Å². The van der Waals surface area contributed by atoms with Crippen LogP contribution in [0.1, 0.15) is 66.8 Å². The lowest BCUT2D eigenvalue weighted by Gasteiger charge is -2.35. The van der Waals surface area contributed by atoms with E-state index in [9.17, 15) is 9.90 Å². The third-order valence-electron chi connectivity index (χ3n) is 8.42. The molecule has 5 rings (SSSR count). The third-order valence-corrected chi connectivity index (χ3v) is 9.59. The number of hydrogen-bond donors (Lipinski definition) is 1. The lowest BCUT2D eigenvalue weighted by Crippen LogP contribution is -2.31. The Bertz CT molecular complexity index is 1270. The Morgan fingerprint density at radius 2 is 1.84 bits per heavy atom. The van der Waals surface area contributed by atoms with Crippen molar-refractivity contribution in [3.8, 4) is 10.4 Å². The van der Waals surface area contributed by atoms with Gasteiger partial charge in [0.05, 0.1) is 0 Å². The second-order valence-corrected chi connectivity index (χ2v) is 12.3. The van der Waals surface area contributed by atoms with Crippen molar-refractivity contribution in [3.05, 3.63) is 82.8 Å². The molecule has 1 aliphatic carbocycles. The van der Waals surface area contributed by atoms with E-state index >= 15 is 0 Å². The standard InChI is InChI=1S/C33H39NO3S/c1-5-6-7-29-22(3)18-30(37-29)24-12-14-25(15-13-24)31-19-27(32(38-31)33(35)36)26-16-17-34(4)20-28(26)23-10-8-21(2)9-11-23/h5-7,12-15,18-19,21-23,29H,1,8-11,16-17,20H2,2-4H3,(H,35,36)/b7-6-. The summed E-state index contributed by atoms with van der Waals surface area (Å²) in [4.78, 5) is 16.3. The zero-order valence-electron chi connectivity index (χ0n) is 22.8. The van der Waals surface area contributed by atoms with Crippen molar-refractivity contribution in [2.24, 2.45) is 17.8 Å². The minimum atomic E-state index is -0.826. The second kappa shape index (κ2) is 11.5. The molecule has 3 aliphatic rings. The molecule has 0 bridgehead atoms. The molecule has 5 heteroatoms. The summed E-state index contributed by atoms with van der Waals surface area (Å²) in [6, 6.07) is 10.5. The highest BCUT2D eigenvalue weighted by Gasteiger charge is 2.30. The van der Waals surface area contributed by atoms with Gasteiger partial charge in [-0.25, -0.2) is 4.79 Å². The molecule has 1 aromatic heterocycles. The number of allylic oxidation sites excluding steroid dienone is 2. The number of benzene rings is 1. The van der Waals surface area contributed by atoms with Crippen LogP contribution in [0.4, 0.5) is 0 Å². The average molecular weight is 530 g/mol. The van der Waals surface area contributed by atoms with Crippen molar-refractivity contribution < 1.29 is 14.6 Å². The third kappa shape index (κ3) is 5.60. The number of hydrogen-bond acceptors (Lipinski definition) is 4. The van der Waals surface area contributed by atoms with Crippen molar-refractivity contribution in [1.29, 1.82) is 0 Å². The number of ether oxygens (including phenoxy) is 1. The van der Waals surface area contributed by atoms with Gasteiger partial charge in [-0.2, -0.15) is 0 Å². The number of aromatic carboxylic acids is 1. The van der Waals surface area contributed by atoms with Crippen LogP contribution in [0.5, 0.6) is 0 Å². The fourth-order valence-corrected chi connectivity index (χ4v) is 7.16. The Balaban J connectivity index is 1.44. The van der Waals surface area contributed by atoms with Crippen molar-refractivity contribution in [1.82, 2.24) is 4.90 Å². The first-order valence-corrected chi connectivity index (χ1v) is 14.7. The summed E-state index contributed by atoms with van der Waals surface area (Å²) in [5.41, 5.74) is 5.79. The molecule has 0 radical (unpaired) electrons. The van der Waals surface area contributed by atoms with Gasteiger partial charge in [-0.3, -0.25) is 0 Å². The first-order valence-electron chi connectivity index (χ1n) is 13.9. The molecule has 2 aromatic rings. The Kier molecular flexibility index (Phi) is 8.06. The SMILES string of the molecule is C=C/C=C\C1OC(c2ccc(-c3cc(C4=C(C5CCC(C)CC5)CN(C)CC4)c(C(=O)O)s3)cc2)=CC1C. The highest BCUT2D eigenvalue weighted by atomic mass is 32.1. The first-order chi connectivity index (χ1) is 18.3. The first kappa shape index (κ1) is 26.7. The van der Waals surface area contributed by atoms with Crippen LogP contribution in [0.3, 0.4) is 0 Å². The van der Waals surface area contributed by atoms with Gasteiger partial charge >= 0.3 is 5.97 Å². The van der Waals surface area contributed by atoms with E-state index in [2.05, 4.69) is 68.8 Å². The molecule has 1 N–H and O–H groups in total. The topological polar surface area (TPSA) is 49.8 Å². The molecule has 1 saturated carbocycles. The molecule has 3 heterocycles. The zero-order chi connectivity index (χ0) is 26.8. The molecule has 2 aliphatic heterocycles. The van der Waals surface area contributed by atoms with Gasteiger partial charge in [0.25, 0.3) is 0 Å². The number of carboxylic acid groups (broad SMARTS) is 1. The lowest BCUT2D eigenvalue weighted by molar-refractivity contribution is 0.0702. The van der Waals surface area contributed by atoms with Crippen LogP contribution in [-0.2, 0) is 4.74 Å². The maximum Gasteiger partial charge on any atom is 0.346 e. The van der Waals surface area contributed by atoms with Crippen molar-refractivity contribution in [2.45, 2.75) is 52.1 Å². The molecule has 2 atom stereocenters. The summed E-state index contributed by atoms with van der Waals surface area (Å²) in [5, 5.41) is 10.2. The van der Waals surface area contributed by atoms with Gasteiger partial charge in [0.1, 0.15) is 16.7 Å². The molecular formula is C33H39NO3S. The van der Waals surface area contributed by atoms with E-state index in [1.54, 1.807) is 6.08 Å². The summed E-state index contributed by atoms with van der Waals surface area (Å²) in [6.45, 7) is 10.2. The van der Waals surface area contributed by atoms with E-state index in [-0.39, 0.29) is 6.10 Å². The van der Waals surface area contributed by atoms with Gasteiger partial charge in [-0.1, -0.05) is 69.7 Å². The largest absolute Gasteiger partial charge is 0.485 e. The number of likely N-dealkylation sites (N-methyl/N-ethyl adjacent to an activating group) is 1. The monoisotopic (exact) mass is 529 g/mol. The minimum absolute atomic E-state index is 0.0186. The van der Waals surface area contributed by atoms with Gasteiger partial charge in [-0.15, -0.1) is 11.3 Å². The van der Waals surface area contributed by atoms with E-state index < -0.39 is 5.97 Å². The Hall–Kier alpha value is -2.89. The number of carboxylic acids is 1. The summed E-state index contributed by atoms with van der Waals surface area (Å²) in [5.74, 6) is 1.73. The maximum atomic E-state index is 12.4. The van der Waals surface area contributed by atoms with Crippen LogP contribution in [0, 0.1) is 17.8 Å². The van der Waals surface area contributed by atoms with E-state index in [1.807, 2.05) is 12.2 Å². The summed E-state index contributed by atoms with van der Waals surface area (Å²) in [7, 11) is 2.18. The van der Waals surface area contributed by atoms with E-state index in [0.29, 0.717) is 16.7 Å². The predicted octanol–water partition coefficient (Wildman–Crippen LogP) is 8.15. The lowest BCUT2D eigenvalue weighted by atomic mass is 9.75. The zero-order valence-corrected chi connectivity index (χ0v) is 23.6. The number of rotatable bonds is 7. The fraction of sp³-hybridized carbons (Fsp3) is 0.424. The second-order valence-electron chi connectivity index (χ2n) is 11.3. The van der Waals surface area contributed by atoms with Gasteiger partial charge < -0.3 is 14.7 Å². The quantitative estimate of drug-likeness (QED) is 0.368. The Morgan fingerprint density at radius 1 is 1.13 bits per heavy atom. The summed E-state index contributed by atoms with van der Waals surface area (Å²) in [6.07, 6.45) is 13.8.